The summed E-state index contributed by atoms with van der Waals surface area (Å²) < 4.78 is 5.69. The number of likely N-dealkylation sites (N-methyl/N-ethyl adjacent to an activating group) is 1. The number of carboxylic acid groups (broad SMARTS) is 1. The summed E-state index contributed by atoms with van der Waals surface area (Å²) in [5.74, 6) is -0.870. The molecule has 2 amide bonds. The number of ether oxygens (including phenoxy) is 1. The van der Waals surface area contributed by atoms with Gasteiger partial charge in [0, 0.05) is 44.5 Å². The zero-order valence-electron chi connectivity index (χ0n) is 16.6. The quantitative estimate of drug-likeness (QED) is 0.719. The standard InChI is InChI=1S/C20H30N4O4/c1-15(24-8-7-16-5-3-4-6-18(16)24)11-21-20(27)23-9-10-28-17(13-23)12-22(2)14-19(25)26/h3-6,15,17H,7-14H2,1-2H3,(H,21,27)(H,25,26). The number of para-hydroxylation sites is 1. The molecule has 1 aromatic rings. The number of anilines is 1. The number of nitrogens with one attached hydrogen (secondary N) is 1. The van der Waals surface area contributed by atoms with Crippen LogP contribution in [-0.2, 0) is 16.0 Å². The molecule has 1 aromatic carbocycles. The molecule has 2 aliphatic rings. The number of carbonyl (C=O) groups is 2. The highest BCUT2D eigenvalue weighted by Gasteiger charge is 2.27. The molecular weight excluding hydrogens is 360 g/mol. The van der Waals surface area contributed by atoms with Crippen molar-refractivity contribution < 1.29 is 19.4 Å². The average Bonchev–Trinajstić information content (AvgIpc) is 3.09. The van der Waals surface area contributed by atoms with Gasteiger partial charge < -0.3 is 25.0 Å². The third kappa shape index (κ3) is 5.14. The number of urea groups is 1. The van der Waals surface area contributed by atoms with Crippen LogP contribution in [0.5, 0.6) is 0 Å². The molecule has 28 heavy (non-hydrogen) atoms. The van der Waals surface area contributed by atoms with E-state index in [9.17, 15) is 9.59 Å². The monoisotopic (exact) mass is 390 g/mol. The molecule has 0 aliphatic carbocycles. The second-order valence-corrected chi connectivity index (χ2v) is 7.64. The zero-order chi connectivity index (χ0) is 20.1. The number of rotatable bonds is 7. The number of aliphatic carboxylic acids is 1. The topological polar surface area (TPSA) is 85.4 Å². The Morgan fingerprint density at radius 3 is 2.93 bits per heavy atom. The first-order valence-corrected chi connectivity index (χ1v) is 9.83. The summed E-state index contributed by atoms with van der Waals surface area (Å²) in [6.07, 6.45) is 0.871. The highest BCUT2D eigenvalue weighted by molar-refractivity contribution is 5.74. The van der Waals surface area contributed by atoms with E-state index in [1.165, 1.54) is 11.3 Å². The number of carbonyl (C=O) groups excluding carboxylic acids is 1. The van der Waals surface area contributed by atoms with Gasteiger partial charge >= 0.3 is 12.0 Å². The molecule has 3 rings (SSSR count). The maximum atomic E-state index is 12.6. The minimum absolute atomic E-state index is 0.0408. The largest absolute Gasteiger partial charge is 0.480 e. The fourth-order valence-corrected chi connectivity index (χ4v) is 3.94. The molecule has 0 radical (unpaired) electrons. The lowest BCUT2D eigenvalue weighted by Gasteiger charge is -2.35. The molecule has 0 aromatic heterocycles. The van der Waals surface area contributed by atoms with Crippen molar-refractivity contribution in [2.75, 3.05) is 57.8 Å². The van der Waals surface area contributed by atoms with E-state index in [4.69, 9.17) is 9.84 Å². The summed E-state index contributed by atoms with van der Waals surface area (Å²) in [5.41, 5.74) is 2.62. The van der Waals surface area contributed by atoms with E-state index < -0.39 is 5.97 Å². The smallest absolute Gasteiger partial charge is 0.317 e. The van der Waals surface area contributed by atoms with E-state index in [1.54, 1.807) is 16.8 Å². The third-order valence-electron chi connectivity index (χ3n) is 5.35. The Bertz CT molecular complexity index is 699. The summed E-state index contributed by atoms with van der Waals surface area (Å²) in [6.45, 7) is 5.61. The molecular formula is C20H30N4O4. The molecule has 2 aliphatic heterocycles. The van der Waals surface area contributed by atoms with Crippen LogP contribution in [0.15, 0.2) is 24.3 Å². The predicted octanol–water partition coefficient (Wildman–Crippen LogP) is 0.864. The van der Waals surface area contributed by atoms with Crippen LogP contribution in [0.3, 0.4) is 0 Å². The lowest BCUT2D eigenvalue weighted by atomic mass is 10.2. The van der Waals surface area contributed by atoms with E-state index in [0.29, 0.717) is 32.8 Å². The number of carboxylic acids is 1. The van der Waals surface area contributed by atoms with Gasteiger partial charge in [-0.25, -0.2) is 4.79 Å². The number of hydrogen-bond donors (Lipinski definition) is 2. The molecule has 2 atom stereocenters. The molecule has 1 saturated heterocycles. The highest BCUT2D eigenvalue weighted by atomic mass is 16.5. The van der Waals surface area contributed by atoms with Gasteiger partial charge in [0.15, 0.2) is 0 Å². The molecule has 2 heterocycles. The van der Waals surface area contributed by atoms with Crippen molar-refractivity contribution in [1.29, 1.82) is 0 Å². The van der Waals surface area contributed by atoms with Crippen molar-refractivity contribution in [1.82, 2.24) is 15.1 Å². The summed E-state index contributed by atoms with van der Waals surface area (Å²) >= 11 is 0. The fourth-order valence-electron chi connectivity index (χ4n) is 3.94. The molecule has 0 spiro atoms. The molecule has 1 fully saturated rings. The third-order valence-corrected chi connectivity index (χ3v) is 5.35. The Kier molecular flexibility index (Phi) is 6.74. The number of nitrogens with zero attached hydrogens (tertiary/aromatic N) is 3. The second-order valence-electron chi connectivity index (χ2n) is 7.64. The van der Waals surface area contributed by atoms with E-state index >= 15 is 0 Å². The van der Waals surface area contributed by atoms with E-state index in [1.807, 2.05) is 0 Å². The van der Waals surface area contributed by atoms with Gasteiger partial charge in [0.05, 0.1) is 19.3 Å². The lowest BCUT2D eigenvalue weighted by molar-refractivity contribution is -0.138. The van der Waals surface area contributed by atoms with Gasteiger partial charge in [-0.2, -0.15) is 0 Å². The van der Waals surface area contributed by atoms with Gasteiger partial charge in [-0.15, -0.1) is 0 Å². The first kappa shape index (κ1) is 20.4. The van der Waals surface area contributed by atoms with Gasteiger partial charge in [-0.3, -0.25) is 9.69 Å². The van der Waals surface area contributed by atoms with E-state index in [0.717, 1.165) is 13.0 Å². The molecule has 8 nitrogen and oxygen atoms in total. The summed E-state index contributed by atoms with van der Waals surface area (Å²) in [7, 11) is 1.74. The molecule has 154 valence electrons. The second kappa shape index (κ2) is 9.25. The average molecular weight is 390 g/mol. The first-order chi connectivity index (χ1) is 13.4. The van der Waals surface area contributed by atoms with Crippen LogP contribution in [0, 0.1) is 0 Å². The fraction of sp³-hybridized carbons (Fsp3) is 0.600. The van der Waals surface area contributed by atoms with Crippen LogP contribution in [-0.4, -0.2) is 92.0 Å². The summed E-state index contributed by atoms with van der Waals surface area (Å²) in [5, 5.41) is 11.9. The molecule has 2 N–H and O–H groups in total. The number of amides is 2. The summed E-state index contributed by atoms with van der Waals surface area (Å²) in [4.78, 5) is 29.2. The normalized spacial score (nSPS) is 20.2. The van der Waals surface area contributed by atoms with Crippen molar-refractivity contribution in [3.05, 3.63) is 29.8 Å². The Morgan fingerprint density at radius 1 is 1.36 bits per heavy atom. The number of hydrogen-bond acceptors (Lipinski definition) is 5. The van der Waals surface area contributed by atoms with Crippen LogP contribution < -0.4 is 10.2 Å². The Morgan fingerprint density at radius 2 is 2.14 bits per heavy atom. The molecule has 0 saturated carbocycles. The molecule has 2 unspecified atom stereocenters. The van der Waals surface area contributed by atoms with Crippen molar-refractivity contribution >= 4 is 17.7 Å². The molecule has 8 heteroatoms. The summed E-state index contributed by atoms with van der Waals surface area (Å²) in [6, 6.07) is 8.55. The number of benzene rings is 1. The van der Waals surface area contributed by atoms with Gasteiger partial charge in [-0.05, 0) is 32.0 Å². The number of fused-ring (bicyclic) bond motifs is 1. The Labute approximate surface area is 166 Å². The van der Waals surface area contributed by atoms with Gasteiger partial charge in [-0.1, -0.05) is 18.2 Å². The zero-order valence-corrected chi connectivity index (χ0v) is 16.6. The van der Waals surface area contributed by atoms with Gasteiger partial charge in [0.1, 0.15) is 0 Å². The van der Waals surface area contributed by atoms with E-state index in [2.05, 4.69) is 41.4 Å². The van der Waals surface area contributed by atoms with Crippen molar-refractivity contribution in [2.24, 2.45) is 0 Å². The van der Waals surface area contributed by atoms with Crippen molar-refractivity contribution in [3.8, 4) is 0 Å². The van der Waals surface area contributed by atoms with E-state index in [-0.39, 0.29) is 24.7 Å². The van der Waals surface area contributed by atoms with Crippen molar-refractivity contribution in [2.45, 2.75) is 25.5 Å². The maximum Gasteiger partial charge on any atom is 0.317 e. The van der Waals surface area contributed by atoms with Crippen LogP contribution in [0.25, 0.3) is 0 Å². The Hall–Kier alpha value is -2.32. The minimum atomic E-state index is -0.870. The Balaban J connectivity index is 1.46. The lowest BCUT2D eigenvalue weighted by Crippen LogP contribution is -2.53. The van der Waals surface area contributed by atoms with Crippen molar-refractivity contribution in [3.63, 3.8) is 0 Å². The van der Waals surface area contributed by atoms with Crippen LogP contribution in [0.1, 0.15) is 12.5 Å². The van der Waals surface area contributed by atoms with Crippen LogP contribution in [0.2, 0.25) is 0 Å². The minimum Gasteiger partial charge on any atom is -0.480 e. The highest BCUT2D eigenvalue weighted by Crippen LogP contribution is 2.28. The van der Waals surface area contributed by atoms with Crippen LogP contribution >= 0.6 is 0 Å². The van der Waals surface area contributed by atoms with Gasteiger partial charge in [0.25, 0.3) is 0 Å². The SMILES string of the molecule is CC(CNC(=O)N1CCOC(CN(C)CC(=O)O)C1)N1CCc2ccccc21. The number of morpholine rings is 1. The maximum absolute atomic E-state index is 12.6. The first-order valence-electron chi connectivity index (χ1n) is 9.83. The predicted molar refractivity (Wildman–Crippen MR) is 107 cm³/mol. The molecule has 0 bridgehead atoms. The van der Waals surface area contributed by atoms with Gasteiger partial charge in [0.2, 0.25) is 0 Å². The van der Waals surface area contributed by atoms with Crippen LogP contribution in [0.4, 0.5) is 10.5 Å².